The molecule has 1 aromatic carbocycles. The van der Waals surface area contributed by atoms with Crippen LogP contribution in [0.25, 0.3) is 0 Å². The number of hydrogen-bond donors (Lipinski definition) is 2. The molecule has 0 saturated carbocycles. The molecule has 2 N–H and O–H groups in total. The van der Waals surface area contributed by atoms with E-state index < -0.39 is 6.36 Å². The standard InChI is InChI=1S/C13H17F3N2O3/c1-20-9-8-17-6-7-18-12(19)10-2-4-11(5-3-10)21-13(14,15)16/h2-5,17H,6-9H2,1H3,(H,18,19). The van der Waals surface area contributed by atoms with Crippen LogP contribution in [0.5, 0.6) is 5.75 Å². The number of amides is 1. The zero-order chi connectivity index (χ0) is 15.7. The van der Waals surface area contributed by atoms with Crippen molar-refractivity contribution in [3.05, 3.63) is 29.8 Å². The number of halogens is 3. The summed E-state index contributed by atoms with van der Waals surface area (Å²) in [7, 11) is 1.59. The number of carbonyl (C=O) groups is 1. The number of rotatable bonds is 8. The van der Waals surface area contributed by atoms with Crippen molar-refractivity contribution in [3.63, 3.8) is 0 Å². The van der Waals surface area contributed by atoms with E-state index in [-0.39, 0.29) is 17.2 Å². The molecule has 1 amide bonds. The second kappa shape index (κ2) is 8.48. The highest BCUT2D eigenvalue weighted by atomic mass is 19.4. The molecular weight excluding hydrogens is 289 g/mol. The first-order chi connectivity index (χ1) is 9.92. The van der Waals surface area contributed by atoms with Gasteiger partial charge in [0.1, 0.15) is 5.75 Å². The van der Waals surface area contributed by atoms with Gasteiger partial charge in [-0.3, -0.25) is 4.79 Å². The molecule has 0 unspecified atom stereocenters. The van der Waals surface area contributed by atoms with E-state index in [4.69, 9.17) is 4.74 Å². The zero-order valence-corrected chi connectivity index (χ0v) is 11.5. The van der Waals surface area contributed by atoms with Gasteiger partial charge in [-0.15, -0.1) is 13.2 Å². The molecule has 0 aromatic heterocycles. The van der Waals surface area contributed by atoms with Gasteiger partial charge in [0.05, 0.1) is 6.61 Å². The van der Waals surface area contributed by atoms with Gasteiger partial charge >= 0.3 is 6.36 Å². The molecule has 0 aliphatic carbocycles. The Morgan fingerprint density at radius 3 is 2.38 bits per heavy atom. The van der Waals surface area contributed by atoms with Crippen LogP contribution in [0.4, 0.5) is 13.2 Å². The van der Waals surface area contributed by atoms with Crippen LogP contribution < -0.4 is 15.4 Å². The average molecular weight is 306 g/mol. The molecule has 21 heavy (non-hydrogen) atoms. The first-order valence-corrected chi connectivity index (χ1v) is 6.26. The van der Waals surface area contributed by atoms with E-state index in [0.717, 1.165) is 12.1 Å². The van der Waals surface area contributed by atoms with Gasteiger partial charge in [-0.05, 0) is 24.3 Å². The maximum atomic E-state index is 12.0. The number of ether oxygens (including phenoxy) is 2. The Morgan fingerprint density at radius 1 is 1.14 bits per heavy atom. The fourth-order valence-corrected chi connectivity index (χ4v) is 1.47. The smallest absolute Gasteiger partial charge is 0.406 e. The summed E-state index contributed by atoms with van der Waals surface area (Å²) in [6, 6.07) is 4.74. The summed E-state index contributed by atoms with van der Waals surface area (Å²) in [4.78, 5) is 11.7. The maximum absolute atomic E-state index is 12.0. The van der Waals surface area contributed by atoms with Crippen molar-refractivity contribution in [1.29, 1.82) is 0 Å². The minimum Gasteiger partial charge on any atom is -0.406 e. The van der Waals surface area contributed by atoms with Crippen molar-refractivity contribution in [2.45, 2.75) is 6.36 Å². The fraction of sp³-hybridized carbons (Fsp3) is 0.462. The van der Waals surface area contributed by atoms with Crippen molar-refractivity contribution >= 4 is 5.91 Å². The third-order valence-electron chi connectivity index (χ3n) is 2.42. The summed E-state index contributed by atoms with van der Waals surface area (Å²) < 4.78 is 44.5. The zero-order valence-electron chi connectivity index (χ0n) is 11.5. The van der Waals surface area contributed by atoms with E-state index in [1.54, 1.807) is 7.11 Å². The topological polar surface area (TPSA) is 59.6 Å². The van der Waals surface area contributed by atoms with Crippen LogP contribution in [0.1, 0.15) is 10.4 Å². The highest BCUT2D eigenvalue weighted by Crippen LogP contribution is 2.22. The summed E-state index contributed by atoms with van der Waals surface area (Å²) in [5, 5.41) is 5.68. The number of nitrogens with one attached hydrogen (secondary N) is 2. The van der Waals surface area contributed by atoms with Crippen LogP contribution in [0.2, 0.25) is 0 Å². The van der Waals surface area contributed by atoms with Crippen LogP contribution in [-0.4, -0.2) is 45.6 Å². The second-order valence-corrected chi connectivity index (χ2v) is 4.07. The molecule has 118 valence electrons. The number of benzene rings is 1. The Bertz CT molecular complexity index is 435. The van der Waals surface area contributed by atoms with Crippen molar-refractivity contribution in [2.24, 2.45) is 0 Å². The molecule has 1 aromatic rings. The molecule has 0 fully saturated rings. The largest absolute Gasteiger partial charge is 0.573 e. The van der Waals surface area contributed by atoms with E-state index >= 15 is 0 Å². The van der Waals surface area contributed by atoms with Gasteiger partial charge in [-0.2, -0.15) is 0 Å². The van der Waals surface area contributed by atoms with Crippen LogP contribution >= 0.6 is 0 Å². The summed E-state index contributed by atoms with van der Waals surface area (Å²) in [6.07, 6.45) is -4.74. The van der Waals surface area contributed by atoms with E-state index in [1.165, 1.54) is 12.1 Å². The predicted octanol–water partition coefficient (Wildman–Crippen LogP) is 1.55. The first kappa shape index (κ1) is 17.3. The Balaban J connectivity index is 2.34. The Labute approximate surface area is 120 Å². The number of carbonyl (C=O) groups excluding carboxylic acids is 1. The highest BCUT2D eigenvalue weighted by molar-refractivity contribution is 5.94. The number of methoxy groups -OCH3 is 1. The van der Waals surface area contributed by atoms with Crippen molar-refractivity contribution in [3.8, 4) is 5.75 Å². The molecule has 0 heterocycles. The lowest BCUT2D eigenvalue weighted by molar-refractivity contribution is -0.274. The molecule has 0 saturated heterocycles. The average Bonchev–Trinajstić information content (AvgIpc) is 2.41. The van der Waals surface area contributed by atoms with Gasteiger partial charge in [-0.25, -0.2) is 0 Å². The molecular formula is C13H17F3N2O3. The molecule has 0 bridgehead atoms. The normalized spacial score (nSPS) is 11.2. The third-order valence-corrected chi connectivity index (χ3v) is 2.42. The summed E-state index contributed by atoms with van der Waals surface area (Å²) >= 11 is 0. The maximum Gasteiger partial charge on any atom is 0.573 e. The van der Waals surface area contributed by atoms with E-state index in [9.17, 15) is 18.0 Å². The van der Waals surface area contributed by atoms with Crippen LogP contribution in [0.3, 0.4) is 0 Å². The number of alkyl halides is 3. The van der Waals surface area contributed by atoms with Crippen molar-refractivity contribution in [2.75, 3.05) is 33.4 Å². The van der Waals surface area contributed by atoms with Crippen molar-refractivity contribution < 1.29 is 27.4 Å². The molecule has 0 aliphatic heterocycles. The van der Waals surface area contributed by atoms with Crippen LogP contribution in [0, 0.1) is 0 Å². The van der Waals surface area contributed by atoms with Crippen LogP contribution in [-0.2, 0) is 4.74 Å². The van der Waals surface area contributed by atoms with Gasteiger partial charge in [0.15, 0.2) is 0 Å². The summed E-state index contributed by atoms with van der Waals surface area (Å²) in [5.41, 5.74) is 0.265. The van der Waals surface area contributed by atoms with Gasteiger partial charge in [0, 0.05) is 32.3 Å². The van der Waals surface area contributed by atoms with E-state index in [1.807, 2.05) is 0 Å². The molecule has 1 rings (SSSR count). The number of hydrogen-bond acceptors (Lipinski definition) is 4. The molecule has 5 nitrogen and oxygen atoms in total. The molecule has 0 spiro atoms. The van der Waals surface area contributed by atoms with Gasteiger partial charge in [0.25, 0.3) is 5.91 Å². The van der Waals surface area contributed by atoms with Crippen LogP contribution in [0.15, 0.2) is 24.3 Å². The second-order valence-electron chi connectivity index (χ2n) is 4.07. The van der Waals surface area contributed by atoms with E-state index in [0.29, 0.717) is 26.2 Å². The van der Waals surface area contributed by atoms with Crippen molar-refractivity contribution in [1.82, 2.24) is 10.6 Å². The SMILES string of the molecule is COCCNCCNC(=O)c1ccc(OC(F)(F)F)cc1. The lowest BCUT2D eigenvalue weighted by Gasteiger charge is -2.09. The summed E-state index contributed by atoms with van der Waals surface area (Å²) in [5.74, 6) is -0.720. The highest BCUT2D eigenvalue weighted by Gasteiger charge is 2.31. The quantitative estimate of drug-likeness (QED) is 0.716. The predicted molar refractivity (Wildman–Crippen MR) is 70.2 cm³/mol. The summed E-state index contributed by atoms with van der Waals surface area (Å²) in [6.45, 7) is 2.23. The minimum atomic E-state index is -4.74. The Kier molecular flexibility index (Phi) is 6.97. The fourth-order valence-electron chi connectivity index (χ4n) is 1.47. The lowest BCUT2D eigenvalue weighted by atomic mass is 10.2. The van der Waals surface area contributed by atoms with Gasteiger partial charge < -0.3 is 20.1 Å². The van der Waals surface area contributed by atoms with Gasteiger partial charge in [0.2, 0.25) is 0 Å². The third kappa shape index (κ3) is 7.52. The van der Waals surface area contributed by atoms with E-state index in [2.05, 4.69) is 15.4 Å². The minimum absolute atomic E-state index is 0.265. The first-order valence-electron chi connectivity index (χ1n) is 6.26. The monoisotopic (exact) mass is 306 g/mol. The molecule has 0 atom stereocenters. The molecule has 8 heteroatoms. The Morgan fingerprint density at radius 2 is 1.81 bits per heavy atom. The van der Waals surface area contributed by atoms with Gasteiger partial charge in [-0.1, -0.05) is 0 Å². The Hall–Kier alpha value is -1.80. The molecule has 0 aliphatic rings. The lowest BCUT2D eigenvalue weighted by Crippen LogP contribution is -2.33. The molecule has 0 radical (unpaired) electrons.